The molecule has 1 amide bonds. The highest BCUT2D eigenvalue weighted by Gasteiger charge is 2.25. The molecule has 2 heterocycles. The Labute approximate surface area is 175 Å². The second-order valence-electron chi connectivity index (χ2n) is 8.58. The molecule has 7 heteroatoms. The summed E-state index contributed by atoms with van der Waals surface area (Å²) in [4.78, 5) is 32.5. The molecule has 154 valence electrons. The van der Waals surface area contributed by atoms with Gasteiger partial charge < -0.3 is 5.32 Å². The Balaban J connectivity index is 1.99. The van der Waals surface area contributed by atoms with Gasteiger partial charge in [0, 0.05) is 17.5 Å². The molecule has 0 bridgehead atoms. The number of thioether (sulfide) groups is 1. The molecule has 0 fully saturated rings. The molecular formula is C21H31N3O2S2. The lowest BCUT2D eigenvalue weighted by Gasteiger charge is -2.18. The minimum absolute atomic E-state index is 0.0240. The molecule has 0 aromatic carbocycles. The van der Waals surface area contributed by atoms with Crippen molar-refractivity contribution in [1.29, 1.82) is 0 Å². The Kier molecular flexibility index (Phi) is 6.86. The van der Waals surface area contributed by atoms with Crippen LogP contribution in [-0.2, 0) is 24.2 Å². The third-order valence-electron chi connectivity index (χ3n) is 5.09. The molecular weight excluding hydrogens is 390 g/mol. The number of aromatic nitrogens is 2. The highest BCUT2D eigenvalue weighted by molar-refractivity contribution is 7.99. The predicted octanol–water partition coefficient (Wildman–Crippen LogP) is 4.25. The molecule has 1 atom stereocenters. The zero-order valence-corrected chi connectivity index (χ0v) is 19.1. The number of hydrogen-bond donors (Lipinski definition) is 1. The number of carbonyl (C=O) groups excluding carboxylic acids is 1. The highest BCUT2D eigenvalue weighted by Crippen LogP contribution is 2.36. The van der Waals surface area contributed by atoms with Gasteiger partial charge in [0.1, 0.15) is 4.83 Å². The van der Waals surface area contributed by atoms with Crippen LogP contribution in [0.3, 0.4) is 0 Å². The summed E-state index contributed by atoms with van der Waals surface area (Å²) < 4.78 is 1.81. The minimum Gasteiger partial charge on any atom is -0.353 e. The predicted molar refractivity (Wildman–Crippen MR) is 119 cm³/mol. The molecule has 2 aromatic heterocycles. The summed E-state index contributed by atoms with van der Waals surface area (Å²) in [5.41, 5.74) is 1.30. The maximum absolute atomic E-state index is 13.4. The van der Waals surface area contributed by atoms with Crippen molar-refractivity contribution in [3.63, 3.8) is 0 Å². The van der Waals surface area contributed by atoms with Gasteiger partial charge in [-0.05, 0) is 56.9 Å². The van der Waals surface area contributed by atoms with Crippen molar-refractivity contribution in [2.24, 2.45) is 11.8 Å². The van der Waals surface area contributed by atoms with Gasteiger partial charge in [-0.2, -0.15) is 0 Å². The van der Waals surface area contributed by atoms with Crippen LogP contribution in [0, 0.1) is 11.8 Å². The Bertz CT molecular complexity index is 914. The number of hydrogen-bond acceptors (Lipinski definition) is 5. The van der Waals surface area contributed by atoms with Crippen LogP contribution < -0.4 is 10.9 Å². The molecule has 0 spiro atoms. The molecule has 28 heavy (non-hydrogen) atoms. The van der Waals surface area contributed by atoms with Crippen molar-refractivity contribution in [2.75, 3.05) is 5.75 Å². The molecule has 1 N–H and O–H groups in total. The van der Waals surface area contributed by atoms with E-state index in [1.165, 1.54) is 22.2 Å². The number of thiophene rings is 1. The number of aryl methyl sites for hydroxylation is 1. The monoisotopic (exact) mass is 421 g/mol. The van der Waals surface area contributed by atoms with E-state index in [2.05, 4.69) is 26.1 Å². The molecule has 0 radical (unpaired) electrons. The lowest BCUT2D eigenvalue weighted by Crippen LogP contribution is -2.32. The van der Waals surface area contributed by atoms with Crippen molar-refractivity contribution >= 4 is 39.2 Å². The maximum Gasteiger partial charge on any atom is 0.263 e. The quantitative estimate of drug-likeness (QED) is 0.536. The zero-order chi connectivity index (χ0) is 20.4. The first-order chi connectivity index (χ1) is 13.3. The van der Waals surface area contributed by atoms with Crippen LogP contribution in [0.4, 0.5) is 0 Å². The molecule has 5 nitrogen and oxygen atoms in total. The van der Waals surface area contributed by atoms with Gasteiger partial charge in [0.25, 0.3) is 5.56 Å². The van der Waals surface area contributed by atoms with E-state index >= 15 is 0 Å². The van der Waals surface area contributed by atoms with E-state index in [0.29, 0.717) is 23.5 Å². The van der Waals surface area contributed by atoms with E-state index in [0.717, 1.165) is 35.9 Å². The van der Waals surface area contributed by atoms with E-state index in [-0.39, 0.29) is 23.3 Å². The van der Waals surface area contributed by atoms with E-state index in [9.17, 15) is 9.59 Å². The largest absolute Gasteiger partial charge is 0.353 e. The fourth-order valence-electron chi connectivity index (χ4n) is 3.59. The van der Waals surface area contributed by atoms with Crippen molar-refractivity contribution < 1.29 is 4.79 Å². The minimum atomic E-state index is -0.0240. The van der Waals surface area contributed by atoms with E-state index in [1.54, 1.807) is 15.9 Å². The standard InChI is InChI=1S/C21H31N3O2S2/c1-12(2)8-9-24-20(26)18-15-7-6-14(5)10-16(15)28-19(18)23-21(24)27-11-17(25)22-13(3)4/h12-14H,6-11H2,1-5H3,(H,22,25)/t14-/m0/s1. The Morgan fingerprint density at radius 2 is 2.11 bits per heavy atom. The number of nitrogens with zero attached hydrogens (tertiary/aromatic N) is 2. The van der Waals surface area contributed by atoms with Gasteiger partial charge in [-0.15, -0.1) is 11.3 Å². The van der Waals surface area contributed by atoms with Crippen LogP contribution in [0.1, 0.15) is 57.9 Å². The molecule has 2 aromatic rings. The topological polar surface area (TPSA) is 64.0 Å². The van der Waals surface area contributed by atoms with Gasteiger partial charge in [0.05, 0.1) is 11.1 Å². The first-order valence-corrected chi connectivity index (χ1v) is 12.0. The number of rotatable bonds is 7. The fourth-order valence-corrected chi connectivity index (χ4v) is 5.85. The second kappa shape index (κ2) is 8.99. The summed E-state index contributed by atoms with van der Waals surface area (Å²) in [6.45, 7) is 11.1. The van der Waals surface area contributed by atoms with Gasteiger partial charge in [-0.3, -0.25) is 14.2 Å². The lowest BCUT2D eigenvalue weighted by molar-refractivity contribution is -0.119. The molecule has 1 aliphatic rings. The van der Waals surface area contributed by atoms with E-state index in [4.69, 9.17) is 4.98 Å². The Morgan fingerprint density at radius 3 is 2.79 bits per heavy atom. The third kappa shape index (κ3) is 4.79. The van der Waals surface area contributed by atoms with Crippen molar-refractivity contribution in [1.82, 2.24) is 14.9 Å². The average Bonchev–Trinajstić information content (AvgIpc) is 2.95. The van der Waals surface area contributed by atoms with Crippen molar-refractivity contribution in [3.8, 4) is 0 Å². The molecule has 3 rings (SSSR count). The van der Waals surface area contributed by atoms with Gasteiger partial charge in [-0.25, -0.2) is 4.98 Å². The summed E-state index contributed by atoms with van der Waals surface area (Å²) in [6, 6.07) is 0.109. The summed E-state index contributed by atoms with van der Waals surface area (Å²) in [6.07, 6.45) is 4.07. The maximum atomic E-state index is 13.4. The van der Waals surface area contributed by atoms with Crippen LogP contribution in [0.2, 0.25) is 0 Å². The van der Waals surface area contributed by atoms with E-state index < -0.39 is 0 Å². The van der Waals surface area contributed by atoms with Crippen molar-refractivity contribution in [3.05, 3.63) is 20.8 Å². The zero-order valence-electron chi connectivity index (χ0n) is 17.5. The summed E-state index contributed by atoms with van der Waals surface area (Å²) in [7, 11) is 0. The summed E-state index contributed by atoms with van der Waals surface area (Å²) in [5, 5.41) is 4.40. The molecule has 0 unspecified atom stereocenters. The smallest absolute Gasteiger partial charge is 0.263 e. The molecule has 0 saturated carbocycles. The number of nitrogens with one attached hydrogen (secondary N) is 1. The second-order valence-corrected chi connectivity index (χ2v) is 10.6. The Morgan fingerprint density at radius 1 is 1.36 bits per heavy atom. The normalized spacial score (nSPS) is 16.8. The SMILES string of the molecule is CC(C)CCn1c(SCC(=O)NC(C)C)nc2sc3c(c2c1=O)CC[C@H](C)C3. The number of carbonyl (C=O) groups is 1. The Hall–Kier alpha value is -1.34. The van der Waals surface area contributed by atoms with Crippen LogP contribution in [-0.4, -0.2) is 27.3 Å². The molecule has 0 saturated heterocycles. The number of amides is 1. The van der Waals surface area contributed by atoms with E-state index in [1.807, 2.05) is 13.8 Å². The van der Waals surface area contributed by atoms with Crippen LogP contribution >= 0.6 is 23.1 Å². The first-order valence-electron chi connectivity index (χ1n) is 10.2. The van der Waals surface area contributed by atoms with Gasteiger partial charge in [0.15, 0.2) is 5.16 Å². The van der Waals surface area contributed by atoms with Gasteiger partial charge >= 0.3 is 0 Å². The number of fused-ring (bicyclic) bond motifs is 3. The lowest BCUT2D eigenvalue weighted by atomic mass is 9.89. The molecule has 1 aliphatic carbocycles. The summed E-state index contributed by atoms with van der Waals surface area (Å²) in [5.74, 6) is 1.42. The van der Waals surface area contributed by atoms with Crippen LogP contribution in [0.5, 0.6) is 0 Å². The average molecular weight is 422 g/mol. The summed E-state index contributed by atoms with van der Waals surface area (Å²) >= 11 is 3.04. The van der Waals surface area contributed by atoms with Crippen molar-refractivity contribution in [2.45, 2.75) is 78.0 Å². The third-order valence-corrected chi connectivity index (χ3v) is 7.22. The first kappa shape index (κ1) is 21.4. The fraction of sp³-hybridized carbons (Fsp3) is 0.667. The molecule has 0 aliphatic heterocycles. The van der Waals surface area contributed by atoms with Gasteiger partial charge in [0.2, 0.25) is 5.91 Å². The van der Waals surface area contributed by atoms with Gasteiger partial charge in [-0.1, -0.05) is 32.5 Å². The highest BCUT2D eigenvalue weighted by atomic mass is 32.2. The van der Waals surface area contributed by atoms with Crippen LogP contribution in [0.15, 0.2) is 9.95 Å². The van der Waals surface area contributed by atoms with Crippen LogP contribution in [0.25, 0.3) is 10.2 Å².